The van der Waals surface area contributed by atoms with Gasteiger partial charge in [-0.05, 0) is 109 Å². The van der Waals surface area contributed by atoms with E-state index in [2.05, 4.69) is 142 Å². The van der Waals surface area contributed by atoms with Crippen molar-refractivity contribution in [2.75, 3.05) is 13.2 Å². The van der Waals surface area contributed by atoms with E-state index in [1.165, 1.54) is 38.5 Å². The number of carbonyl (C=O) groups is 3. The van der Waals surface area contributed by atoms with Crippen LogP contribution in [0.5, 0.6) is 0 Å². The maximum atomic E-state index is 12.8. The fourth-order valence-corrected chi connectivity index (χ4v) is 7.32. The molecule has 0 aliphatic carbocycles. The zero-order chi connectivity index (χ0) is 50.0. The lowest BCUT2D eigenvalue weighted by Crippen LogP contribution is -2.30. The van der Waals surface area contributed by atoms with Crippen LogP contribution in [0.25, 0.3) is 0 Å². The van der Waals surface area contributed by atoms with Crippen LogP contribution in [-0.4, -0.2) is 37.2 Å². The number of carbonyl (C=O) groups excluding carboxylic acids is 3. The van der Waals surface area contributed by atoms with Crippen LogP contribution >= 0.6 is 0 Å². The number of hydrogen-bond acceptors (Lipinski definition) is 6. The summed E-state index contributed by atoms with van der Waals surface area (Å²) >= 11 is 0. The van der Waals surface area contributed by atoms with Crippen LogP contribution in [0, 0.1) is 0 Å². The molecule has 0 aliphatic heterocycles. The summed E-state index contributed by atoms with van der Waals surface area (Å²) in [6.45, 7) is 6.35. The molecule has 0 rings (SSSR count). The summed E-state index contributed by atoms with van der Waals surface area (Å²) in [5, 5.41) is 0. The predicted octanol–water partition coefficient (Wildman–Crippen LogP) is 18.9. The van der Waals surface area contributed by atoms with E-state index in [9.17, 15) is 14.4 Å². The minimum atomic E-state index is -0.796. The predicted molar refractivity (Wildman–Crippen MR) is 297 cm³/mol. The molecule has 1 unspecified atom stereocenters. The number of rotatable bonds is 49. The Balaban J connectivity index is 4.33. The molecule has 390 valence electrons. The summed E-state index contributed by atoms with van der Waals surface area (Å²) in [6, 6.07) is 0. The Morgan fingerprint density at radius 2 is 0.565 bits per heavy atom. The van der Waals surface area contributed by atoms with Gasteiger partial charge < -0.3 is 14.2 Å². The van der Waals surface area contributed by atoms with Crippen molar-refractivity contribution in [2.45, 2.75) is 245 Å². The standard InChI is InChI=1S/C63H102O6/c1-4-7-10-13-16-19-21-23-25-26-27-28-29-30-31-32-33-34-35-36-38-39-41-44-47-50-53-56-62(65)68-59-60(58-67-61(64)55-52-49-46-43-18-15-12-9-6-3)69-63(66)57-54-51-48-45-42-40-37-24-22-20-17-14-11-8-5-2/h7-8,10-11,16-17,19-20,23-25,27-28,30-31,33-34,36-38,60H,4-6,9,12-15,18,21-22,26,29,32,35,39-59H2,1-3H3/b10-7-,11-8-,19-16-,20-17-,25-23-,28-27-,31-30-,34-33-,37-24-,38-36-. The first kappa shape index (κ1) is 64.8. The molecule has 69 heavy (non-hydrogen) atoms. The van der Waals surface area contributed by atoms with Gasteiger partial charge in [0.25, 0.3) is 0 Å². The van der Waals surface area contributed by atoms with E-state index >= 15 is 0 Å². The highest BCUT2D eigenvalue weighted by atomic mass is 16.6. The first-order valence-electron chi connectivity index (χ1n) is 28.0. The molecule has 0 aliphatic rings. The summed E-state index contributed by atoms with van der Waals surface area (Å²) in [4.78, 5) is 38.0. The third-order valence-corrected chi connectivity index (χ3v) is 11.5. The number of ether oxygens (including phenoxy) is 3. The molecule has 0 fully saturated rings. The lowest BCUT2D eigenvalue weighted by atomic mass is 10.1. The smallest absolute Gasteiger partial charge is 0.306 e. The molecular formula is C63H102O6. The topological polar surface area (TPSA) is 78.9 Å². The molecule has 0 N–H and O–H groups in total. The lowest BCUT2D eigenvalue weighted by Gasteiger charge is -2.18. The van der Waals surface area contributed by atoms with E-state index in [1.807, 2.05) is 0 Å². The van der Waals surface area contributed by atoms with Gasteiger partial charge in [-0.3, -0.25) is 14.4 Å². The second kappa shape index (κ2) is 56.4. The van der Waals surface area contributed by atoms with Crippen LogP contribution in [0.15, 0.2) is 122 Å². The van der Waals surface area contributed by atoms with Crippen molar-refractivity contribution in [1.29, 1.82) is 0 Å². The Bertz CT molecular complexity index is 1470. The van der Waals surface area contributed by atoms with Gasteiger partial charge in [0.2, 0.25) is 0 Å². The average molecular weight is 956 g/mol. The monoisotopic (exact) mass is 955 g/mol. The van der Waals surface area contributed by atoms with Gasteiger partial charge in [-0.1, -0.05) is 232 Å². The van der Waals surface area contributed by atoms with Crippen LogP contribution in [0.2, 0.25) is 0 Å². The molecule has 0 aromatic rings. The van der Waals surface area contributed by atoms with E-state index < -0.39 is 6.10 Å². The highest BCUT2D eigenvalue weighted by molar-refractivity contribution is 5.71. The van der Waals surface area contributed by atoms with Crippen molar-refractivity contribution in [3.63, 3.8) is 0 Å². The molecule has 0 saturated carbocycles. The minimum absolute atomic E-state index is 0.0929. The van der Waals surface area contributed by atoms with Gasteiger partial charge in [-0.2, -0.15) is 0 Å². The van der Waals surface area contributed by atoms with E-state index in [-0.39, 0.29) is 31.1 Å². The minimum Gasteiger partial charge on any atom is -0.462 e. The van der Waals surface area contributed by atoms with Crippen molar-refractivity contribution in [1.82, 2.24) is 0 Å². The molecule has 0 spiro atoms. The van der Waals surface area contributed by atoms with E-state index in [4.69, 9.17) is 14.2 Å². The first-order valence-corrected chi connectivity index (χ1v) is 28.0. The number of unbranched alkanes of at least 4 members (excludes halogenated alkanes) is 18. The summed E-state index contributed by atoms with van der Waals surface area (Å²) in [5.74, 6) is -0.937. The van der Waals surface area contributed by atoms with Gasteiger partial charge in [-0.25, -0.2) is 0 Å². The van der Waals surface area contributed by atoms with Crippen LogP contribution in [0.3, 0.4) is 0 Å². The van der Waals surface area contributed by atoms with Gasteiger partial charge in [0.05, 0.1) is 0 Å². The Morgan fingerprint density at radius 1 is 0.304 bits per heavy atom. The molecule has 0 heterocycles. The average Bonchev–Trinajstić information content (AvgIpc) is 3.35. The van der Waals surface area contributed by atoms with Crippen LogP contribution in [0.1, 0.15) is 239 Å². The first-order chi connectivity index (χ1) is 34.0. The fraction of sp³-hybridized carbons (Fsp3) is 0.635. The SMILES string of the molecule is CC/C=C\C/C=C\C/C=C\C/C=C\C/C=C\C/C=C\C/C=C\CCCCCCCC(=O)OCC(COC(=O)CCCCCCCCCCC)OC(=O)CCCCCCC/C=C\C/C=C\C/C=C\CC. The molecule has 0 aromatic heterocycles. The number of allylic oxidation sites excluding steroid dienone is 20. The van der Waals surface area contributed by atoms with Crippen molar-refractivity contribution in [3.8, 4) is 0 Å². The summed E-state index contributed by atoms with van der Waals surface area (Å²) in [7, 11) is 0. The molecular weight excluding hydrogens is 853 g/mol. The van der Waals surface area contributed by atoms with E-state index in [0.29, 0.717) is 19.3 Å². The van der Waals surface area contributed by atoms with E-state index in [1.54, 1.807) is 0 Å². The highest BCUT2D eigenvalue weighted by Gasteiger charge is 2.19. The third kappa shape index (κ3) is 54.6. The normalized spacial score (nSPS) is 13.0. The maximum Gasteiger partial charge on any atom is 0.306 e. The molecule has 0 bridgehead atoms. The molecule has 6 nitrogen and oxygen atoms in total. The quantitative estimate of drug-likeness (QED) is 0.0262. The number of esters is 3. The maximum absolute atomic E-state index is 12.8. The Morgan fingerprint density at radius 3 is 0.884 bits per heavy atom. The molecule has 0 aromatic carbocycles. The summed E-state index contributed by atoms with van der Waals surface area (Å²) < 4.78 is 16.8. The largest absolute Gasteiger partial charge is 0.462 e. The van der Waals surface area contributed by atoms with Gasteiger partial charge in [-0.15, -0.1) is 0 Å². The Kier molecular flexibility index (Phi) is 53.0. The Hall–Kier alpha value is -4.19. The van der Waals surface area contributed by atoms with Gasteiger partial charge in [0.15, 0.2) is 6.10 Å². The second-order valence-electron chi connectivity index (χ2n) is 18.1. The molecule has 0 saturated heterocycles. The van der Waals surface area contributed by atoms with Crippen LogP contribution in [0.4, 0.5) is 0 Å². The summed E-state index contributed by atoms with van der Waals surface area (Å²) in [6.07, 6.45) is 77.7. The zero-order valence-corrected chi connectivity index (χ0v) is 44.5. The van der Waals surface area contributed by atoms with Crippen LogP contribution < -0.4 is 0 Å². The van der Waals surface area contributed by atoms with Crippen LogP contribution in [-0.2, 0) is 28.6 Å². The van der Waals surface area contributed by atoms with Gasteiger partial charge in [0, 0.05) is 19.3 Å². The highest BCUT2D eigenvalue weighted by Crippen LogP contribution is 2.14. The van der Waals surface area contributed by atoms with Crippen molar-refractivity contribution in [3.05, 3.63) is 122 Å². The molecule has 1 atom stereocenters. The second-order valence-corrected chi connectivity index (χ2v) is 18.1. The summed E-state index contributed by atoms with van der Waals surface area (Å²) in [5.41, 5.74) is 0. The fourth-order valence-electron chi connectivity index (χ4n) is 7.32. The van der Waals surface area contributed by atoms with Gasteiger partial charge in [0.1, 0.15) is 13.2 Å². The van der Waals surface area contributed by atoms with Crippen molar-refractivity contribution >= 4 is 17.9 Å². The van der Waals surface area contributed by atoms with E-state index in [0.717, 1.165) is 161 Å². The van der Waals surface area contributed by atoms with Gasteiger partial charge >= 0.3 is 17.9 Å². The zero-order valence-electron chi connectivity index (χ0n) is 44.5. The number of hydrogen-bond donors (Lipinski definition) is 0. The molecule has 6 heteroatoms. The lowest BCUT2D eigenvalue weighted by molar-refractivity contribution is -0.167. The van der Waals surface area contributed by atoms with Crippen molar-refractivity contribution in [2.24, 2.45) is 0 Å². The third-order valence-electron chi connectivity index (χ3n) is 11.5. The molecule has 0 radical (unpaired) electrons. The molecule has 0 amide bonds. The van der Waals surface area contributed by atoms with Crippen molar-refractivity contribution < 1.29 is 28.6 Å². The Labute approximate surface area is 424 Å².